The Kier molecular flexibility index (Phi) is 6.86. The number of aliphatic hydroxyl groups is 1. The van der Waals surface area contributed by atoms with Crippen molar-refractivity contribution in [2.24, 2.45) is 4.99 Å². The first-order chi connectivity index (χ1) is 13.9. The van der Waals surface area contributed by atoms with Crippen LogP contribution < -0.4 is 20.9 Å². The fraction of sp³-hybridized carbons (Fsp3) is 0.526. The number of aliphatic carboxylic acids is 1. The summed E-state index contributed by atoms with van der Waals surface area (Å²) >= 11 is 0. The molecule has 1 amide bonds. The Morgan fingerprint density at radius 3 is 2.72 bits per heavy atom. The van der Waals surface area contributed by atoms with Crippen LogP contribution in [-0.2, 0) is 4.79 Å². The number of carbonyl (C=O) groups is 2. The van der Waals surface area contributed by atoms with Crippen LogP contribution in [0.25, 0.3) is 0 Å². The van der Waals surface area contributed by atoms with E-state index in [1.165, 1.54) is 6.07 Å². The molecule has 0 unspecified atom stereocenters. The molecular formula is C19H26FN5O4. The molecule has 9 nitrogen and oxygen atoms in total. The van der Waals surface area contributed by atoms with E-state index >= 15 is 0 Å². The minimum absolute atomic E-state index is 0.0711. The van der Waals surface area contributed by atoms with E-state index in [4.69, 9.17) is 5.11 Å². The number of carboxylic acid groups (broad SMARTS) is 1. The van der Waals surface area contributed by atoms with Crippen molar-refractivity contribution >= 4 is 23.5 Å². The van der Waals surface area contributed by atoms with E-state index in [1.54, 1.807) is 6.07 Å². The van der Waals surface area contributed by atoms with Crippen molar-refractivity contribution in [2.45, 2.75) is 31.4 Å². The van der Waals surface area contributed by atoms with Crippen LogP contribution >= 0.6 is 0 Å². The molecule has 0 saturated carbocycles. The van der Waals surface area contributed by atoms with Crippen molar-refractivity contribution in [3.8, 4) is 0 Å². The molecule has 2 aliphatic rings. The van der Waals surface area contributed by atoms with Crippen LogP contribution in [0.3, 0.4) is 0 Å². The standard InChI is InChI=1S/C19H26FN5O4/c20-14-10-12(17(27)23-11-16(26)18(28)29)2-3-15(14)25-8-4-13(5-9-25)24-19-21-6-1-7-22-19/h2-3,10,13,16,26H,1,4-9,11H2,(H,23,27)(H,28,29)(H2,21,22,24)/t16-/m0/s1. The van der Waals surface area contributed by atoms with Crippen molar-refractivity contribution in [1.82, 2.24) is 16.0 Å². The van der Waals surface area contributed by atoms with E-state index in [-0.39, 0.29) is 11.6 Å². The summed E-state index contributed by atoms with van der Waals surface area (Å²) in [6.07, 6.45) is 1.02. The number of guanidine groups is 1. The third kappa shape index (κ3) is 5.57. The maximum absolute atomic E-state index is 14.6. The van der Waals surface area contributed by atoms with Gasteiger partial charge in [0.1, 0.15) is 5.82 Å². The summed E-state index contributed by atoms with van der Waals surface area (Å²) in [6.45, 7) is 2.66. The second kappa shape index (κ2) is 9.55. The van der Waals surface area contributed by atoms with Gasteiger partial charge in [-0.1, -0.05) is 0 Å². The predicted molar refractivity (Wildman–Crippen MR) is 106 cm³/mol. The molecule has 1 fully saturated rings. The highest BCUT2D eigenvalue weighted by Crippen LogP contribution is 2.24. The number of anilines is 1. The number of rotatable bonds is 6. The Balaban J connectivity index is 1.53. The highest BCUT2D eigenvalue weighted by Gasteiger charge is 2.23. The van der Waals surface area contributed by atoms with Crippen LogP contribution in [0.4, 0.5) is 10.1 Å². The SMILES string of the molecule is O=C(NC[C@H](O)C(=O)O)c1ccc(N2CCC(NC3=NCCCN3)CC2)c(F)c1. The number of hydrogen-bond acceptors (Lipinski definition) is 7. The second-order valence-electron chi connectivity index (χ2n) is 7.15. The second-order valence-corrected chi connectivity index (χ2v) is 7.15. The number of hydrogen-bond donors (Lipinski definition) is 5. The summed E-state index contributed by atoms with van der Waals surface area (Å²) in [7, 11) is 0. The Morgan fingerprint density at radius 1 is 1.34 bits per heavy atom. The lowest BCUT2D eigenvalue weighted by Crippen LogP contribution is -2.50. The number of nitrogens with zero attached hydrogens (tertiary/aromatic N) is 2. The maximum atomic E-state index is 14.6. The lowest BCUT2D eigenvalue weighted by molar-refractivity contribution is -0.146. The molecule has 2 aliphatic heterocycles. The van der Waals surface area contributed by atoms with Gasteiger partial charge < -0.3 is 31.1 Å². The summed E-state index contributed by atoms with van der Waals surface area (Å²) in [5.74, 6) is -1.75. The van der Waals surface area contributed by atoms with Gasteiger partial charge in [0.05, 0.1) is 12.2 Å². The van der Waals surface area contributed by atoms with Crippen LogP contribution in [-0.4, -0.2) is 72.9 Å². The molecule has 1 aromatic rings. The lowest BCUT2D eigenvalue weighted by Gasteiger charge is -2.35. The summed E-state index contributed by atoms with van der Waals surface area (Å²) in [5.41, 5.74) is 0.500. The topological polar surface area (TPSA) is 126 Å². The van der Waals surface area contributed by atoms with E-state index in [0.29, 0.717) is 18.8 Å². The number of benzene rings is 1. The molecule has 5 N–H and O–H groups in total. The third-order valence-electron chi connectivity index (χ3n) is 5.02. The summed E-state index contributed by atoms with van der Waals surface area (Å²) in [6, 6.07) is 4.46. The predicted octanol–water partition coefficient (Wildman–Crippen LogP) is -0.0913. The first kappa shape index (κ1) is 20.8. The highest BCUT2D eigenvalue weighted by atomic mass is 19.1. The minimum atomic E-state index is -1.70. The Hall–Kier alpha value is -2.88. The van der Waals surface area contributed by atoms with Gasteiger partial charge >= 0.3 is 5.97 Å². The fourth-order valence-corrected chi connectivity index (χ4v) is 3.37. The smallest absolute Gasteiger partial charge is 0.334 e. The molecule has 1 aromatic carbocycles. The van der Waals surface area contributed by atoms with Gasteiger partial charge in [-0.3, -0.25) is 9.79 Å². The Labute approximate surface area is 168 Å². The van der Waals surface area contributed by atoms with Crippen molar-refractivity contribution in [3.63, 3.8) is 0 Å². The molecule has 0 bridgehead atoms. The monoisotopic (exact) mass is 407 g/mol. The first-order valence-electron chi connectivity index (χ1n) is 9.72. The number of halogens is 1. The van der Waals surface area contributed by atoms with Crippen molar-refractivity contribution < 1.29 is 24.2 Å². The van der Waals surface area contributed by atoms with Crippen molar-refractivity contribution in [3.05, 3.63) is 29.6 Å². The van der Waals surface area contributed by atoms with Crippen molar-refractivity contribution in [2.75, 3.05) is 37.6 Å². The van der Waals surface area contributed by atoms with Crippen LogP contribution in [0.5, 0.6) is 0 Å². The molecule has 158 valence electrons. The Morgan fingerprint density at radius 2 is 2.10 bits per heavy atom. The lowest BCUT2D eigenvalue weighted by atomic mass is 10.0. The normalized spacial score (nSPS) is 18.4. The zero-order valence-electron chi connectivity index (χ0n) is 16.0. The zero-order chi connectivity index (χ0) is 20.8. The molecule has 3 rings (SSSR count). The molecule has 0 radical (unpaired) electrons. The minimum Gasteiger partial charge on any atom is -0.479 e. The third-order valence-corrected chi connectivity index (χ3v) is 5.02. The van der Waals surface area contributed by atoms with Crippen LogP contribution in [0, 0.1) is 5.82 Å². The van der Waals surface area contributed by atoms with Gasteiger partial charge in [-0.15, -0.1) is 0 Å². The van der Waals surface area contributed by atoms with Crippen LogP contribution in [0.2, 0.25) is 0 Å². The summed E-state index contributed by atoms with van der Waals surface area (Å²) in [5, 5.41) is 26.7. The fourth-order valence-electron chi connectivity index (χ4n) is 3.37. The number of nitrogens with one attached hydrogen (secondary N) is 3. The summed E-state index contributed by atoms with van der Waals surface area (Å²) in [4.78, 5) is 29.0. The average molecular weight is 407 g/mol. The average Bonchev–Trinajstić information content (AvgIpc) is 2.73. The van der Waals surface area contributed by atoms with Crippen molar-refractivity contribution in [1.29, 1.82) is 0 Å². The van der Waals surface area contributed by atoms with Gasteiger partial charge in [0, 0.05) is 37.8 Å². The highest BCUT2D eigenvalue weighted by molar-refractivity contribution is 5.94. The zero-order valence-corrected chi connectivity index (χ0v) is 16.0. The summed E-state index contributed by atoms with van der Waals surface area (Å²) < 4.78 is 14.6. The van der Waals surface area contributed by atoms with E-state index in [2.05, 4.69) is 20.9 Å². The van der Waals surface area contributed by atoms with Crippen LogP contribution in [0.1, 0.15) is 29.6 Å². The van der Waals surface area contributed by atoms with E-state index in [0.717, 1.165) is 44.4 Å². The van der Waals surface area contributed by atoms with Gasteiger partial charge in [0.25, 0.3) is 5.91 Å². The Bertz CT molecular complexity index is 780. The molecular weight excluding hydrogens is 381 g/mol. The van der Waals surface area contributed by atoms with E-state index in [9.17, 15) is 19.1 Å². The van der Waals surface area contributed by atoms with E-state index < -0.39 is 30.3 Å². The molecule has 0 spiro atoms. The van der Waals surface area contributed by atoms with E-state index in [1.807, 2.05) is 4.90 Å². The first-order valence-corrected chi connectivity index (χ1v) is 9.72. The van der Waals surface area contributed by atoms with Gasteiger partial charge in [0.15, 0.2) is 12.1 Å². The molecule has 29 heavy (non-hydrogen) atoms. The number of carbonyl (C=O) groups excluding carboxylic acids is 1. The molecule has 2 heterocycles. The molecule has 1 saturated heterocycles. The largest absolute Gasteiger partial charge is 0.479 e. The number of aliphatic imine (C=N–C) groups is 1. The maximum Gasteiger partial charge on any atom is 0.334 e. The molecule has 0 aromatic heterocycles. The van der Waals surface area contributed by atoms with Gasteiger partial charge in [-0.2, -0.15) is 0 Å². The van der Waals surface area contributed by atoms with Crippen LogP contribution in [0.15, 0.2) is 23.2 Å². The number of amides is 1. The number of piperidine rings is 1. The van der Waals surface area contributed by atoms with Gasteiger partial charge in [-0.05, 0) is 37.5 Å². The van der Waals surface area contributed by atoms with Gasteiger partial charge in [-0.25, -0.2) is 9.18 Å². The number of carboxylic acids is 1. The quantitative estimate of drug-likeness (QED) is 0.446. The van der Waals surface area contributed by atoms with Gasteiger partial charge in [0.2, 0.25) is 0 Å². The molecule has 10 heteroatoms. The molecule has 1 atom stereocenters. The number of aliphatic hydroxyl groups excluding tert-OH is 1. The molecule has 0 aliphatic carbocycles.